The molecular weight excluding hydrogens is 254 g/mol. The summed E-state index contributed by atoms with van der Waals surface area (Å²) in [5, 5.41) is 3.51. The van der Waals surface area contributed by atoms with E-state index in [0.29, 0.717) is 5.56 Å². The maximum atomic E-state index is 12.1. The molecule has 0 radical (unpaired) electrons. The summed E-state index contributed by atoms with van der Waals surface area (Å²) in [6.45, 7) is 0. The fourth-order valence-corrected chi connectivity index (χ4v) is 1.90. The summed E-state index contributed by atoms with van der Waals surface area (Å²) < 4.78 is 4.60. The molecule has 2 aromatic carbocycles. The number of aromatic nitrogens is 2. The number of carbonyl (C=O) groups excluding carboxylic acids is 1. The lowest BCUT2D eigenvalue weighted by molar-refractivity contribution is 0.102. The van der Waals surface area contributed by atoms with Crippen molar-refractivity contribution >= 4 is 11.8 Å². The van der Waals surface area contributed by atoms with Gasteiger partial charge in [0.05, 0.1) is 0 Å². The molecule has 3 rings (SSSR count). The molecule has 0 fully saturated rings. The Bertz CT molecular complexity index is 733. The number of rotatable bonds is 3. The van der Waals surface area contributed by atoms with Gasteiger partial charge in [0.1, 0.15) is 0 Å². The highest BCUT2D eigenvalue weighted by molar-refractivity contribution is 6.06. The van der Waals surface area contributed by atoms with Crippen LogP contribution in [0.3, 0.4) is 0 Å². The topological polar surface area (TPSA) is 82.0 Å². The third kappa shape index (κ3) is 2.29. The van der Waals surface area contributed by atoms with Crippen molar-refractivity contribution in [3.8, 4) is 11.1 Å². The van der Waals surface area contributed by atoms with Gasteiger partial charge in [-0.05, 0) is 11.1 Å². The number of nitrogens with two attached hydrogens (primary N) is 1. The zero-order valence-corrected chi connectivity index (χ0v) is 10.5. The SMILES string of the molecule is Nc1nc(C(=O)c2ccc(-c3ccccc3)cc2)no1. The molecule has 1 heterocycles. The molecule has 98 valence electrons. The third-order valence-corrected chi connectivity index (χ3v) is 2.90. The van der Waals surface area contributed by atoms with Crippen molar-refractivity contribution in [3.05, 3.63) is 66.0 Å². The van der Waals surface area contributed by atoms with E-state index in [0.717, 1.165) is 11.1 Å². The first-order valence-electron chi connectivity index (χ1n) is 6.03. The molecule has 5 heteroatoms. The van der Waals surface area contributed by atoms with Crippen molar-refractivity contribution in [3.63, 3.8) is 0 Å². The molecule has 0 bridgehead atoms. The lowest BCUT2D eigenvalue weighted by Crippen LogP contribution is -2.03. The Morgan fingerprint density at radius 2 is 1.60 bits per heavy atom. The van der Waals surface area contributed by atoms with E-state index in [2.05, 4.69) is 14.7 Å². The number of nitrogens with zero attached hydrogens (tertiary/aromatic N) is 2. The second-order valence-corrected chi connectivity index (χ2v) is 4.23. The molecule has 20 heavy (non-hydrogen) atoms. The monoisotopic (exact) mass is 265 g/mol. The molecule has 0 spiro atoms. The highest BCUT2D eigenvalue weighted by Gasteiger charge is 2.15. The molecule has 0 unspecified atom stereocenters. The maximum absolute atomic E-state index is 12.1. The third-order valence-electron chi connectivity index (χ3n) is 2.90. The molecule has 0 saturated carbocycles. The van der Waals surface area contributed by atoms with Crippen LogP contribution in [0, 0.1) is 0 Å². The number of nitrogen functional groups attached to an aromatic ring is 1. The van der Waals surface area contributed by atoms with Crippen LogP contribution in [0.25, 0.3) is 11.1 Å². The highest BCUT2D eigenvalue weighted by atomic mass is 16.5. The van der Waals surface area contributed by atoms with Crippen LogP contribution in [0.4, 0.5) is 6.01 Å². The van der Waals surface area contributed by atoms with E-state index in [1.807, 2.05) is 42.5 Å². The molecule has 1 aromatic heterocycles. The van der Waals surface area contributed by atoms with Crippen LogP contribution < -0.4 is 5.73 Å². The minimum Gasteiger partial charge on any atom is -0.351 e. The van der Waals surface area contributed by atoms with Crippen molar-refractivity contribution in [2.75, 3.05) is 5.73 Å². The number of hydrogen-bond donors (Lipinski definition) is 1. The van der Waals surface area contributed by atoms with Gasteiger partial charge >= 0.3 is 6.01 Å². The molecular formula is C15H11N3O2. The first-order valence-corrected chi connectivity index (χ1v) is 6.03. The van der Waals surface area contributed by atoms with Crippen molar-refractivity contribution < 1.29 is 9.32 Å². The Kier molecular flexibility index (Phi) is 3.01. The van der Waals surface area contributed by atoms with Crippen molar-refractivity contribution in [1.29, 1.82) is 0 Å². The maximum Gasteiger partial charge on any atom is 0.319 e. The Morgan fingerprint density at radius 1 is 0.950 bits per heavy atom. The fourth-order valence-electron chi connectivity index (χ4n) is 1.90. The summed E-state index contributed by atoms with van der Waals surface area (Å²) in [6.07, 6.45) is 0. The first kappa shape index (κ1) is 12.1. The van der Waals surface area contributed by atoms with Gasteiger partial charge < -0.3 is 10.3 Å². The number of anilines is 1. The number of ketones is 1. The fraction of sp³-hybridized carbons (Fsp3) is 0. The van der Waals surface area contributed by atoms with Crippen molar-refractivity contribution in [2.24, 2.45) is 0 Å². The van der Waals surface area contributed by atoms with Crippen LogP contribution in [0.15, 0.2) is 59.1 Å². The van der Waals surface area contributed by atoms with Crippen LogP contribution >= 0.6 is 0 Å². The van der Waals surface area contributed by atoms with Gasteiger partial charge in [0, 0.05) is 5.56 Å². The van der Waals surface area contributed by atoms with E-state index in [4.69, 9.17) is 5.73 Å². The summed E-state index contributed by atoms with van der Waals surface area (Å²) in [4.78, 5) is 15.8. The molecule has 3 aromatic rings. The second-order valence-electron chi connectivity index (χ2n) is 4.23. The first-order chi connectivity index (χ1) is 9.74. The molecule has 2 N–H and O–H groups in total. The molecule has 0 aliphatic heterocycles. The van der Waals surface area contributed by atoms with Gasteiger partial charge in [0.2, 0.25) is 11.6 Å². The van der Waals surface area contributed by atoms with E-state index in [9.17, 15) is 4.79 Å². The Hall–Kier alpha value is -2.95. The molecule has 0 saturated heterocycles. The van der Waals surface area contributed by atoms with E-state index in [1.54, 1.807) is 12.1 Å². The van der Waals surface area contributed by atoms with Crippen LogP contribution in [0.2, 0.25) is 0 Å². The van der Waals surface area contributed by atoms with Crippen LogP contribution in [0.1, 0.15) is 16.2 Å². The smallest absolute Gasteiger partial charge is 0.319 e. The van der Waals surface area contributed by atoms with Gasteiger partial charge in [-0.2, -0.15) is 4.98 Å². The van der Waals surface area contributed by atoms with Crippen molar-refractivity contribution in [2.45, 2.75) is 0 Å². The van der Waals surface area contributed by atoms with E-state index < -0.39 is 0 Å². The molecule has 0 atom stereocenters. The molecule has 0 aliphatic rings. The minimum absolute atomic E-state index is 0.0324. The Morgan fingerprint density at radius 3 is 2.20 bits per heavy atom. The highest BCUT2D eigenvalue weighted by Crippen LogP contribution is 2.20. The van der Waals surface area contributed by atoms with Gasteiger partial charge in [0.15, 0.2) is 0 Å². The lowest BCUT2D eigenvalue weighted by Gasteiger charge is -2.02. The summed E-state index contributed by atoms with van der Waals surface area (Å²) in [5.74, 6) is -0.347. The van der Waals surface area contributed by atoms with Gasteiger partial charge in [0.25, 0.3) is 0 Å². The molecule has 5 nitrogen and oxygen atoms in total. The number of hydrogen-bond acceptors (Lipinski definition) is 5. The average molecular weight is 265 g/mol. The van der Waals surface area contributed by atoms with E-state index in [1.165, 1.54) is 0 Å². The molecule has 0 amide bonds. The summed E-state index contributed by atoms with van der Waals surface area (Å²) >= 11 is 0. The predicted octanol–water partition coefficient (Wildman–Crippen LogP) is 2.55. The number of carbonyl (C=O) groups is 1. The summed E-state index contributed by atoms with van der Waals surface area (Å²) in [6, 6.07) is 17.0. The standard InChI is InChI=1S/C15H11N3O2/c16-15-17-14(18-20-15)13(19)12-8-6-11(7-9-12)10-4-2-1-3-5-10/h1-9H,(H2,16,17,18). The Balaban J connectivity index is 1.88. The van der Waals surface area contributed by atoms with E-state index in [-0.39, 0.29) is 17.6 Å². The van der Waals surface area contributed by atoms with Gasteiger partial charge in [-0.1, -0.05) is 59.8 Å². The average Bonchev–Trinajstić information content (AvgIpc) is 2.94. The largest absolute Gasteiger partial charge is 0.351 e. The molecule has 0 aliphatic carbocycles. The van der Waals surface area contributed by atoms with Gasteiger partial charge in [-0.25, -0.2) is 0 Å². The Labute approximate surface area is 115 Å². The van der Waals surface area contributed by atoms with E-state index >= 15 is 0 Å². The summed E-state index contributed by atoms with van der Waals surface area (Å²) in [5.41, 5.74) is 7.92. The normalized spacial score (nSPS) is 10.4. The summed E-state index contributed by atoms with van der Waals surface area (Å²) in [7, 11) is 0. The van der Waals surface area contributed by atoms with Crippen LogP contribution in [-0.4, -0.2) is 15.9 Å². The second kappa shape index (κ2) is 4.97. The van der Waals surface area contributed by atoms with Crippen molar-refractivity contribution in [1.82, 2.24) is 10.1 Å². The van der Waals surface area contributed by atoms with Crippen LogP contribution in [-0.2, 0) is 0 Å². The van der Waals surface area contributed by atoms with Gasteiger partial charge in [-0.15, -0.1) is 0 Å². The zero-order valence-electron chi connectivity index (χ0n) is 10.5. The van der Waals surface area contributed by atoms with Gasteiger partial charge in [-0.3, -0.25) is 4.79 Å². The lowest BCUT2D eigenvalue weighted by atomic mass is 10.0. The van der Waals surface area contributed by atoms with Crippen LogP contribution in [0.5, 0.6) is 0 Å². The zero-order chi connectivity index (χ0) is 13.9. The minimum atomic E-state index is -0.315. The predicted molar refractivity (Wildman–Crippen MR) is 74.0 cm³/mol. The number of benzene rings is 2. The quantitative estimate of drug-likeness (QED) is 0.736.